The Hall–Kier alpha value is -3.29. The number of carbonyl (C=O) groups excluding carboxylic acids is 2. The first-order valence-corrected chi connectivity index (χ1v) is 9.97. The lowest BCUT2D eigenvalue weighted by atomic mass is 10.0. The third kappa shape index (κ3) is 3.24. The number of nitrogens with one attached hydrogen (secondary N) is 1. The standard InChI is InChI=1S/C21H22N6O2/c1-26-11-14(10-19(26)28)20(29)22-15-8-6-13(7-9-15)17-12-27-18-5-3-2-4-16(18)24-25-21(27)23-17/h6-9,12,14H,2-5,10-11H2,1H3,(H,22,29). The van der Waals surface area contributed by atoms with E-state index < -0.39 is 0 Å². The highest BCUT2D eigenvalue weighted by Gasteiger charge is 2.32. The highest BCUT2D eigenvalue weighted by Crippen LogP contribution is 2.25. The van der Waals surface area contributed by atoms with Gasteiger partial charge in [-0.2, -0.15) is 5.10 Å². The Morgan fingerprint density at radius 1 is 1.14 bits per heavy atom. The van der Waals surface area contributed by atoms with Gasteiger partial charge in [0.05, 0.1) is 17.3 Å². The number of hydrogen-bond donors (Lipinski definition) is 1. The predicted molar refractivity (Wildman–Crippen MR) is 107 cm³/mol. The molecule has 148 valence electrons. The molecule has 5 rings (SSSR count). The molecule has 1 atom stereocenters. The topological polar surface area (TPSA) is 92.5 Å². The predicted octanol–water partition coefficient (Wildman–Crippen LogP) is 2.09. The molecule has 8 nitrogen and oxygen atoms in total. The normalized spacial score (nSPS) is 18.9. The molecule has 3 heterocycles. The number of likely N-dealkylation sites (tertiary alicyclic amines) is 1. The minimum absolute atomic E-state index is 0.0117. The van der Waals surface area contributed by atoms with Crippen molar-refractivity contribution in [3.8, 4) is 11.3 Å². The molecule has 0 bridgehead atoms. The summed E-state index contributed by atoms with van der Waals surface area (Å²) in [4.78, 5) is 30.2. The van der Waals surface area contributed by atoms with Crippen molar-refractivity contribution in [3.63, 3.8) is 0 Å². The molecule has 1 aliphatic carbocycles. The van der Waals surface area contributed by atoms with Gasteiger partial charge in [-0.3, -0.25) is 14.0 Å². The van der Waals surface area contributed by atoms with Crippen LogP contribution in [0.4, 0.5) is 5.69 Å². The van der Waals surface area contributed by atoms with Crippen LogP contribution in [0.3, 0.4) is 0 Å². The first kappa shape index (κ1) is 17.8. The van der Waals surface area contributed by atoms with Crippen molar-refractivity contribution in [3.05, 3.63) is 41.9 Å². The zero-order valence-corrected chi connectivity index (χ0v) is 16.3. The van der Waals surface area contributed by atoms with E-state index in [2.05, 4.69) is 24.9 Å². The molecule has 1 aliphatic heterocycles. The van der Waals surface area contributed by atoms with Crippen LogP contribution >= 0.6 is 0 Å². The number of nitrogens with zero attached hydrogens (tertiary/aromatic N) is 5. The van der Waals surface area contributed by atoms with E-state index in [-0.39, 0.29) is 24.2 Å². The molecule has 2 aromatic heterocycles. The first-order valence-electron chi connectivity index (χ1n) is 9.97. The van der Waals surface area contributed by atoms with Crippen LogP contribution in [0.25, 0.3) is 17.0 Å². The van der Waals surface area contributed by atoms with E-state index in [1.165, 1.54) is 5.69 Å². The monoisotopic (exact) mass is 390 g/mol. The van der Waals surface area contributed by atoms with Crippen LogP contribution in [0.2, 0.25) is 0 Å². The lowest BCUT2D eigenvalue weighted by Crippen LogP contribution is -2.25. The molecule has 2 amide bonds. The van der Waals surface area contributed by atoms with Gasteiger partial charge in [0.1, 0.15) is 0 Å². The van der Waals surface area contributed by atoms with Gasteiger partial charge >= 0.3 is 0 Å². The molecule has 3 aromatic rings. The van der Waals surface area contributed by atoms with E-state index in [1.807, 2.05) is 30.5 Å². The summed E-state index contributed by atoms with van der Waals surface area (Å²) in [5.41, 5.74) is 4.77. The molecule has 1 aromatic carbocycles. The zero-order chi connectivity index (χ0) is 20.0. The van der Waals surface area contributed by atoms with Gasteiger partial charge in [0.25, 0.3) is 5.78 Å². The highest BCUT2D eigenvalue weighted by molar-refractivity contribution is 5.97. The summed E-state index contributed by atoms with van der Waals surface area (Å²) in [5, 5.41) is 11.5. The second kappa shape index (κ2) is 6.95. The van der Waals surface area contributed by atoms with E-state index in [9.17, 15) is 9.59 Å². The summed E-state index contributed by atoms with van der Waals surface area (Å²) in [6.07, 6.45) is 6.59. The van der Waals surface area contributed by atoms with Crippen molar-refractivity contribution in [2.75, 3.05) is 18.9 Å². The smallest absolute Gasteiger partial charge is 0.254 e. The Kier molecular flexibility index (Phi) is 4.26. The molecule has 0 saturated carbocycles. The lowest BCUT2D eigenvalue weighted by Gasteiger charge is -2.14. The number of fused-ring (bicyclic) bond motifs is 3. The molecular formula is C21H22N6O2. The fourth-order valence-electron chi connectivity index (χ4n) is 4.13. The van der Waals surface area contributed by atoms with E-state index in [0.717, 1.165) is 42.6 Å². The second-order valence-corrected chi connectivity index (χ2v) is 7.84. The number of imidazole rings is 1. The minimum atomic E-state index is -0.296. The van der Waals surface area contributed by atoms with Crippen LogP contribution in [0.15, 0.2) is 30.5 Å². The molecule has 1 unspecified atom stereocenters. The maximum absolute atomic E-state index is 12.4. The Morgan fingerprint density at radius 2 is 1.93 bits per heavy atom. The fraction of sp³-hybridized carbons (Fsp3) is 0.381. The van der Waals surface area contributed by atoms with Gasteiger partial charge in [-0.1, -0.05) is 12.1 Å². The highest BCUT2D eigenvalue weighted by atomic mass is 16.2. The van der Waals surface area contributed by atoms with Crippen molar-refractivity contribution in [1.82, 2.24) is 24.5 Å². The molecule has 0 radical (unpaired) electrons. The van der Waals surface area contributed by atoms with Gasteiger partial charge in [-0.15, -0.1) is 5.10 Å². The molecule has 29 heavy (non-hydrogen) atoms. The molecule has 8 heteroatoms. The summed E-state index contributed by atoms with van der Waals surface area (Å²) in [5.74, 6) is 0.214. The lowest BCUT2D eigenvalue weighted by molar-refractivity contribution is -0.127. The van der Waals surface area contributed by atoms with Crippen LogP contribution < -0.4 is 5.32 Å². The van der Waals surface area contributed by atoms with E-state index in [4.69, 9.17) is 0 Å². The van der Waals surface area contributed by atoms with Crippen LogP contribution in [-0.4, -0.2) is 49.9 Å². The van der Waals surface area contributed by atoms with Crippen LogP contribution in [0, 0.1) is 5.92 Å². The fourth-order valence-corrected chi connectivity index (χ4v) is 4.13. The maximum Gasteiger partial charge on any atom is 0.254 e. The van der Waals surface area contributed by atoms with Crippen LogP contribution in [-0.2, 0) is 22.4 Å². The van der Waals surface area contributed by atoms with Gasteiger partial charge in [0.15, 0.2) is 0 Å². The summed E-state index contributed by atoms with van der Waals surface area (Å²) >= 11 is 0. The Balaban J connectivity index is 1.35. The third-order valence-electron chi connectivity index (χ3n) is 5.81. The molecular weight excluding hydrogens is 368 g/mol. The van der Waals surface area contributed by atoms with E-state index >= 15 is 0 Å². The quantitative estimate of drug-likeness (QED) is 0.739. The minimum Gasteiger partial charge on any atom is -0.345 e. The average molecular weight is 390 g/mol. The molecule has 1 N–H and O–H groups in total. The summed E-state index contributed by atoms with van der Waals surface area (Å²) in [7, 11) is 1.72. The number of carbonyl (C=O) groups is 2. The Labute approximate surface area is 168 Å². The van der Waals surface area contributed by atoms with Gasteiger partial charge in [-0.25, -0.2) is 4.98 Å². The summed E-state index contributed by atoms with van der Waals surface area (Å²) in [6.45, 7) is 0.468. The van der Waals surface area contributed by atoms with Crippen molar-refractivity contribution in [2.24, 2.45) is 5.92 Å². The van der Waals surface area contributed by atoms with Gasteiger partial charge in [0.2, 0.25) is 11.8 Å². The number of benzene rings is 1. The van der Waals surface area contributed by atoms with Crippen LogP contribution in [0.1, 0.15) is 30.7 Å². The van der Waals surface area contributed by atoms with Crippen molar-refractivity contribution < 1.29 is 9.59 Å². The molecule has 0 spiro atoms. The average Bonchev–Trinajstić information content (AvgIpc) is 3.32. The SMILES string of the molecule is CN1CC(C(=O)Nc2ccc(-c3cn4c5c(nnc4n3)CCCC5)cc2)CC1=O. The maximum atomic E-state index is 12.4. The molecule has 2 aliphatic rings. The molecule has 1 saturated heterocycles. The number of rotatable bonds is 3. The number of aromatic nitrogens is 4. The largest absolute Gasteiger partial charge is 0.345 e. The number of amides is 2. The number of anilines is 1. The first-order chi connectivity index (χ1) is 14.1. The van der Waals surface area contributed by atoms with E-state index in [1.54, 1.807) is 11.9 Å². The zero-order valence-electron chi connectivity index (χ0n) is 16.3. The summed E-state index contributed by atoms with van der Waals surface area (Å²) in [6, 6.07) is 7.59. The van der Waals surface area contributed by atoms with Crippen molar-refractivity contribution in [2.45, 2.75) is 32.1 Å². The molecule has 1 fully saturated rings. The van der Waals surface area contributed by atoms with Crippen molar-refractivity contribution in [1.29, 1.82) is 0 Å². The Bertz CT molecular complexity index is 1100. The van der Waals surface area contributed by atoms with Gasteiger partial charge < -0.3 is 10.2 Å². The van der Waals surface area contributed by atoms with Crippen LogP contribution in [0.5, 0.6) is 0 Å². The Morgan fingerprint density at radius 3 is 2.69 bits per heavy atom. The van der Waals surface area contributed by atoms with E-state index in [0.29, 0.717) is 18.0 Å². The van der Waals surface area contributed by atoms with Gasteiger partial charge in [0, 0.05) is 43.2 Å². The third-order valence-corrected chi connectivity index (χ3v) is 5.81. The van der Waals surface area contributed by atoms with Gasteiger partial charge in [-0.05, 0) is 37.8 Å². The number of aryl methyl sites for hydroxylation is 2. The van der Waals surface area contributed by atoms with Crippen molar-refractivity contribution >= 4 is 23.3 Å². The number of hydrogen-bond acceptors (Lipinski definition) is 5. The summed E-state index contributed by atoms with van der Waals surface area (Å²) < 4.78 is 2.06. The second-order valence-electron chi connectivity index (χ2n) is 7.84.